The van der Waals surface area contributed by atoms with E-state index >= 15 is 0 Å². The molecule has 0 unspecified atom stereocenters. The molecular formula is C17H33NO5. The SMILES string of the molecule is CC(C)C(=O)NCCOC(=O)CCC(C)(C)OCOC(C)(C)C. The quantitative estimate of drug-likeness (QED) is 0.378. The first kappa shape index (κ1) is 21.9. The Balaban J connectivity index is 3.84. The average Bonchev–Trinajstić information content (AvgIpc) is 2.39. The molecule has 0 aliphatic rings. The summed E-state index contributed by atoms with van der Waals surface area (Å²) in [5.74, 6) is -0.411. The average molecular weight is 331 g/mol. The van der Waals surface area contributed by atoms with Crippen molar-refractivity contribution < 1.29 is 23.8 Å². The second kappa shape index (κ2) is 9.88. The molecule has 0 radical (unpaired) electrons. The Morgan fingerprint density at radius 1 is 1.04 bits per heavy atom. The van der Waals surface area contributed by atoms with Gasteiger partial charge >= 0.3 is 5.97 Å². The van der Waals surface area contributed by atoms with Gasteiger partial charge in [0, 0.05) is 12.3 Å². The maximum atomic E-state index is 11.7. The van der Waals surface area contributed by atoms with Gasteiger partial charge in [0.15, 0.2) is 0 Å². The molecule has 136 valence electrons. The van der Waals surface area contributed by atoms with Crippen LogP contribution in [0.1, 0.15) is 61.3 Å². The van der Waals surface area contributed by atoms with Crippen LogP contribution in [-0.2, 0) is 23.8 Å². The van der Waals surface area contributed by atoms with Gasteiger partial charge in [0.1, 0.15) is 13.4 Å². The Labute approximate surface area is 140 Å². The maximum Gasteiger partial charge on any atom is 0.305 e. The molecule has 6 heteroatoms. The van der Waals surface area contributed by atoms with Crippen molar-refractivity contribution in [2.45, 2.75) is 72.5 Å². The van der Waals surface area contributed by atoms with Crippen LogP contribution >= 0.6 is 0 Å². The number of carbonyl (C=O) groups excluding carboxylic acids is 2. The fourth-order valence-corrected chi connectivity index (χ4v) is 1.46. The summed E-state index contributed by atoms with van der Waals surface area (Å²) in [7, 11) is 0. The van der Waals surface area contributed by atoms with Crippen molar-refractivity contribution >= 4 is 11.9 Å². The van der Waals surface area contributed by atoms with Crippen LogP contribution in [0.4, 0.5) is 0 Å². The molecule has 0 rings (SSSR count). The lowest BCUT2D eigenvalue weighted by molar-refractivity contribution is -0.174. The molecule has 0 spiro atoms. The largest absolute Gasteiger partial charge is 0.464 e. The minimum Gasteiger partial charge on any atom is -0.464 e. The van der Waals surface area contributed by atoms with Gasteiger partial charge in [0.05, 0.1) is 17.7 Å². The van der Waals surface area contributed by atoms with E-state index in [9.17, 15) is 9.59 Å². The predicted octanol–water partition coefficient (Wildman–Crippen LogP) is 2.65. The van der Waals surface area contributed by atoms with Gasteiger partial charge in [-0.2, -0.15) is 0 Å². The molecule has 1 N–H and O–H groups in total. The third-order valence-corrected chi connectivity index (χ3v) is 3.06. The summed E-state index contributed by atoms with van der Waals surface area (Å²) >= 11 is 0. The molecule has 1 amide bonds. The zero-order valence-corrected chi connectivity index (χ0v) is 15.7. The molecule has 0 fully saturated rings. The molecular weight excluding hydrogens is 298 g/mol. The lowest BCUT2D eigenvalue weighted by Gasteiger charge is -2.27. The minimum atomic E-state index is -0.462. The Kier molecular flexibility index (Phi) is 9.39. The van der Waals surface area contributed by atoms with Crippen LogP contribution in [-0.4, -0.2) is 43.0 Å². The van der Waals surface area contributed by atoms with Crippen LogP contribution in [0, 0.1) is 5.92 Å². The van der Waals surface area contributed by atoms with Crippen molar-refractivity contribution in [2.75, 3.05) is 19.9 Å². The summed E-state index contributed by atoms with van der Waals surface area (Å²) in [6.45, 7) is 14.0. The second-order valence-corrected chi connectivity index (χ2v) is 7.44. The van der Waals surface area contributed by atoms with Crippen molar-refractivity contribution in [3.05, 3.63) is 0 Å². The smallest absolute Gasteiger partial charge is 0.305 e. The Morgan fingerprint density at radius 2 is 1.65 bits per heavy atom. The van der Waals surface area contributed by atoms with Gasteiger partial charge in [0.2, 0.25) is 5.91 Å². The van der Waals surface area contributed by atoms with Gasteiger partial charge in [0.25, 0.3) is 0 Å². The van der Waals surface area contributed by atoms with E-state index in [2.05, 4.69) is 5.32 Å². The highest BCUT2D eigenvalue weighted by molar-refractivity contribution is 5.77. The fraction of sp³-hybridized carbons (Fsp3) is 0.882. The molecule has 0 atom stereocenters. The van der Waals surface area contributed by atoms with E-state index in [1.165, 1.54) is 0 Å². The van der Waals surface area contributed by atoms with E-state index in [-0.39, 0.29) is 43.2 Å². The number of rotatable bonds is 10. The van der Waals surface area contributed by atoms with Gasteiger partial charge < -0.3 is 19.5 Å². The van der Waals surface area contributed by atoms with Crippen LogP contribution in [0.25, 0.3) is 0 Å². The summed E-state index contributed by atoms with van der Waals surface area (Å²) in [5, 5.41) is 2.69. The van der Waals surface area contributed by atoms with Gasteiger partial charge in [-0.15, -0.1) is 0 Å². The maximum absolute atomic E-state index is 11.7. The molecule has 0 bridgehead atoms. The van der Waals surface area contributed by atoms with Crippen LogP contribution < -0.4 is 5.32 Å². The Morgan fingerprint density at radius 3 is 2.17 bits per heavy atom. The van der Waals surface area contributed by atoms with Gasteiger partial charge in [-0.05, 0) is 41.0 Å². The van der Waals surface area contributed by atoms with E-state index in [0.717, 1.165) is 0 Å². The van der Waals surface area contributed by atoms with Gasteiger partial charge in [-0.25, -0.2) is 0 Å². The number of carbonyl (C=O) groups is 2. The summed E-state index contributed by atoms with van der Waals surface area (Å²) in [5.41, 5.74) is -0.717. The van der Waals surface area contributed by atoms with Crippen LogP contribution in [0.3, 0.4) is 0 Å². The third-order valence-electron chi connectivity index (χ3n) is 3.06. The summed E-state index contributed by atoms with van der Waals surface area (Å²) in [4.78, 5) is 23.0. The van der Waals surface area contributed by atoms with Crippen LogP contribution in [0.2, 0.25) is 0 Å². The topological polar surface area (TPSA) is 73.9 Å². The number of amides is 1. The highest BCUT2D eigenvalue weighted by atomic mass is 16.7. The third kappa shape index (κ3) is 13.0. The number of ether oxygens (including phenoxy) is 3. The van der Waals surface area contributed by atoms with Gasteiger partial charge in [-0.1, -0.05) is 13.8 Å². The molecule has 6 nitrogen and oxygen atoms in total. The van der Waals surface area contributed by atoms with E-state index in [1.807, 2.05) is 48.5 Å². The molecule has 0 saturated heterocycles. The van der Waals surface area contributed by atoms with E-state index in [0.29, 0.717) is 13.0 Å². The lowest BCUT2D eigenvalue weighted by atomic mass is 10.0. The first-order chi connectivity index (χ1) is 10.4. The highest BCUT2D eigenvalue weighted by Gasteiger charge is 2.22. The highest BCUT2D eigenvalue weighted by Crippen LogP contribution is 2.18. The van der Waals surface area contributed by atoms with Crippen LogP contribution in [0.5, 0.6) is 0 Å². The molecule has 0 aromatic heterocycles. The van der Waals surface area contributed by atoms with Crippen molar-refractivity contribution in [2.24, 2.45) is 5.92 Å². The summed E-state index contributed by atoms with van der Waals surface area (Å²) in [6.07, 6.45) is 0.804. The first-order valence-corrected chi connectivity index (χ1v) is 8.14. The molecule has 0 aliphatic carbocycles. The Hall–Kier alpha value is -1.14. The molecule has 0 aromatic carbocycles. The number of hydrogen-bond acceptors (Lipinski definition) is 5. The minimum absolute atomic E-state index is 0.0468. The van der Waals surface area contributed by atoms with E-state index in [1.54, 1.807) is 0 Å². The van der Waals surface area contributed by atoms with Crippen molar-refractivity contribution in [3.63, 3.8) is 0 Å². The van der Waals surface area contributed by atoms with E-state index < -0.39 is 5.60 Å². The Bertz CT molecular complexity index is 372. The number of nitrogens with one attached hydrogen (secondary N) is 1. The normalized spacial score (nSPS) is 12.3. The lowest BCUT2D eigenvalue weighted by Crippen LogP contribution is -2.32. The summed E-state index contributed by atoms with van der Waals surface area (Å²) in [6, 6.07) is 0. The predicted molar refractivity (Wildman–Crippen MR) is 88.9 cm³/mol. The zero-order chi connectivity index (χ0) is 18.1. The van der Waals surface area contributed by atoms with E-state index in [4.69, 9.17) is 14.2 Å². The van der Waals surface area contributed by atoms with Gasteiger partial charge in [-0.3, -0.25) is 9.59 Å². The molecule has 23 heavy (non-hydrogen) atoms. The van der Waals surface area contributed by atoms with Crippen LogP contribution in [0.15, 0.2) is 0 Å². The molecule has 0 heterocycles. The number of hydrogen-bond donors (Lipinski definition) is 1. The zero-order valence-electron chi connectivity index (χ0n) is 15.7. The number of esters is 1. The van der Waals surface area contributed by atoms with Crippen molar-refractivity contribution in [1.82, 2.24) is 5.32 Å². The first-order valence-electron chi connectivity index (χ1n) is 8.14. The van der Waals surface area contributed by atoms with Crippen molar-refractivity contribution in [1.29, 1.82) is 0 Å². The standard InChI is InChI=1S/C17H33NO5/c1-13(2)15(20)18-10-11-21-14(19)8-9-17(6,7)23-12-22-16(3,4)5/h13H,8-12H2,1-7H3,(H,18,20). The monoisotopic (exact) mass is 331 g/mol. The van der Waals surface area contributed by atoms with Crippen molar-refractivity contribution in [3.8, 4) is 0 Å². The molecule has 0 aromatic rings. The second-order valence-electron chi connectivity index (χ2n) is 7.44. The molecule has 0 aliphatic heterocycles. The fourth-order valence-electron chi connectivity index (χ4n) is 1.46. The molecule has 0 saturated carbocycles. The summed E-state index contributed by atoms with van der Waals surface area (Å²) < 4.78 is 16.3.